The van der Waals surface area contributed by atoms with Gasteiger partial charge in [0.15, 0.2) is 29.8 Å². The molecule has 0 amide bonds. The molecule has 0 spiro atoms. The number of nitrogens with zero attached hydrogens (tertiary/aromatic N) is 3. The number of hydrogen-bond donors (Lipinski definition) is 2. The second-order valence-corrected chi connectivity index (χ2v) is 10.5. The van der Waals surface area contributed by atoms with E-state index < -0.39 is 12.1 Å². The maximum absolute atomic E-state index is 11.4. The Bertz CT molecular complexity index is 1360. The van der Waals surface area contributed by atoms with Crippen molar-refractivity contribution in [3.05, 3.63) is 39.4 Å². The van der Waals surface area contributed by atoms with E-state index in [1.54, 1.807) is 14.2 Å². The molecule has 0 saturated carbocycles. The van der Waals surface area contributed by atoms with Gasteiger partial charge in [-0.15, -0.1) is 0 Å². The average molecular weight is 526 g/mol. The van der Waals surface area contributed by atoms with E-state index in [9.17, 15) is 10.4 Å². The summed E-state index contributed by atoms with van der Waals surface area (Å²) in [5.74, 6) is 2.49. The van der Waals surface area contributed by atoms with Crippen LogP contribution in [0, 0.1) is 25.2 Å². The number of piperazine rings is 1. The van der Waals surface area contributed by atoms with E-state index in [1.807, 2.05) is 20.9 Å². The third-order valence-corrected chi connectivity index (χ3v) is 8.75. The largest absolute Gasteiger partial charge is 0.507 e. The Morgan fingerprint density at radius 1 is 1.16 bits per heavy atom. The molecule has 2 bridgehead atoms. The number of fused-ring (bicyclic) bond motifs is 9. The molecule has 5 atom stereocenters. The Balaban J connectivity index is 1.60. The van der Waals surface area contributed by atoms with Crippen LogP contribution in [0.25, 0.3) is 0 Å². The average Bonchev–Trinajstić information content (AvgIpc) is 3.41. The van der Waals surface area contributed by atoms with E-state index in [-0.39, 0.29) is 44.1 Å². The molecule has 2 N–H and O–H groups in total. The quantitative estimate of drug-likeness (QED) is 0.545. The summed E-state index contributed by atoms with van der Waals surface area (Å²) >= 11 is 0. The Morgan fingerprint density at radius 2 is 1.95 bits per heavy atom. The van der Waals surface area contributed by atoms with Crippen LogP contribution in [0.4, 0.5) is 0 Å². The third kappa shape index (κ3) is 3.26. The van der Waals surface area contributed by atoms with Gasteiger partial charge in [-0.3, -0.25) is 9.80 Å². The monoisotopic (exact) mass is 525 g/mol. The van der Waals surface area contributed by atoms with E-state index in [0.29, 0.717) is 41.4 Å². The van der Waals surface area contributed by atoms with Crippen LogP contribution in [0.15, 0.2) is 6.07 Å². The first kappa shape index (κ1) is 23.9. The summed E-state index contributed by atoms with van der Waals surface area (Å²) in [6.07, 6.45) is 1.09. The van der Waals surface area contributed by atoms with Gasteiger partial charge >= 0.3 is 0 Å². The van der Waals surface area contributed by atoms with Crippen molar-refractivity contribution < 1.29 is 33.9 Å². The lowest BCUT2D eigenvalue weighted by atomic mass is 9.71. The topological polar surface area (TPSA) is 117 Å². The van der Waals surface area contributed by atoms with Crippen LogP contribution < -0.4 is 18.9 Å². The second kappa shape index (κ2) is 9.20. The van der Waals surface area contributed by atoms with Gasteiger partial charge in [-0.2, -0.15) is 5.26 Å². The van der Waals surface area contributed by atoms with Crippen LogP contribution in [0.5, 0.6) is 28.7 Å². The number of likely N-dealkylation sites (N-methyl/N-ethyl adjacent to an activating group) is 1. The SMILES string of the molecule is [3H]OC[C@H]1c2c(c(O)c(C)c3c2OCO3)CC2[C@H]3c4c(cc(C)c(OC)c4OCOC)C[C@H]([C@H](C#N)N21)N3C. The molecule has 6 rings (SSSR count). The summed E-state index contributed by atoms with van der Waals surface area (Å²) < 4.78 is 36.6. The van der Waals surface area contributed by atoms with Crippen LogP contribution in [0.1, 0.15) is 45.5 Å². The van der Waals surface area contributed by atoms with Crippen LogP contribution in [-0.4, -0.2) is 81.0 Å². The van der Waals surface area contributed by atoms with Crippen LogP contribution in [0.3, 0.4) is 0 Å². The number of phenols is 1. The number of ether oxygens (including phenoxy) is 5. The van der Waals surface area contributed by atoms with Crippen LogP contribution in [0.2, 0.25) is 0 Å². The molecule has 10 heteroatoms. The maximum Gasteiger partial charge on any atom is 0.231 e. The van der Waals surface area contributed by atoms with Crippen molar-refractivity contribution >= 4 is 0 Å². The van der Waals surface area contributed by atoms with E-state index in [2.05, 4.69) is 21.9 Å². The Hall–Kier alpha value is -3.23. The number of rotatable bonds is 6. The van der Waals surface area contributed by atoms with Crippen molar-refractivity contribution in [2.75, 3.05) is 41.5 Å². The number of nitriles is 1. The Labute approximate surface area is 223 Å². The van der Waals surface area contributed by atoms with Crippen molar-refractivity contribution in [2.24, 2.45) is 0 Å². The molecule has 2 aromatic rings. The van der Waals surface area contributed by atoms with Crippen LogP contribution >= 0.6 is 0 Å². The first-order valence-electron chi connectivity index (χ1n) is 13.2. The molecule has 1 unspecified atom stereocenters. The minimum Gasteiger partial charge on any atom is -0.507 e. The number of aliphatic hydroxyl groups excluding tert-OH is 1. The summed E-state index contributed by atoms with van der Waals surface area (Å²) in [6.45, 7) is 3.91. The van der Waals surface area contributed by atoms with Crippen molar-refractivity contribution in [2.45, 2.75) is 56.9 Å². The zero-order chi connectivity index (χ0) is 27.6. The fourth-order valence-electron chi connectivity index (χ4n) is 7.24. The normalized spacial score (nSPS) is 27.6. The van der Waals surface area contributed by atoms with Gasteiger partial charge in [0.1, 0.15) is 11.8 Å². The maximum atomic E-state index is 11.4. The molecule has 1 fully saturated rings. The number of benzene rings is 2. The molecule has 0 radical (unpaired) electrons. The third-order valence-electron chi connectivity index (χ3n) is 8.75. The predicted molar refractivity (Wildman–Crippen MR) is 136 cm³/mol. The smallest absolute Gasteiger partial charge is 0.231 e. The predicted octanol–water partition coefficient (Wildman–Crippen LogP) is 2.49. The highest BCUT2D eigenvalue weighted by Crippen LogP contribution is 2.58. The number of hydrogen-bond acceptors (Lipinski definition) is 10. The minimum atomic E-state index is -0.501. The Morgan fingerprint density at radius 3 is 2.66 bits per heavy atom. The van der Waals surface area contributed by atoms with Gasteiger partial charge in [0, 0.05) is 41.4 Å². The van der Waals surface area contributed by atoms with Gasteiger partial charge in [-0.25, -0.2) is 0 Å². The molecule has 1 saturated heterocycles. The Kier molecular flexibility index (Phi) is 5.78. The van der Waals surface area contributed by atoms with E-state index >= 15 is 0 Å². The molecule has 2 aromatic carbocycles. The number of aryl methyl sites for hydroxylation is 1. The summed E-state index contributed by atoms with van der Waals surface area (Å²) in [7, 11) is 5.25. The summed E-state index contributed by atoms with van der Waals surface area (Å²) in [5.41, 5.74) is 5.13. The van der Waals surface area contributed by atoms with E-state index in [4.69, 9.17) is 30.2 Å². The lowest BCUT2D eigenvalue weighted by Gasteiger charge is -2.59. The summed E-state index contributed by atoms with van der Waals surface area (Å²) in [6, 6.07) is 3.15. The molecular formula is C28H33N3O7. The summed E-state index contributed by atoms with van der Waals surface area (Å²) in [4.78, 5) is 4.42. The van der Waals surface area contributed by atoms with Crippen LogP contribution in [-0.2, 0) is 17.6 Å². The highest BCUT2D eigenvalue weighted by Gasteiger charge is 2.56. The van der Waals surface area contributed by atoms with Gasteiger partial charge in [0.25, 0.3) is 0 Å². The van der Waals surface area contributed by atoms with Gasteiger partial charge in [-0.05, 0) is 44.9 Å². The number of phenolic OH excluding ortho intramolecular Hbond substituents is 1. The lowest BCUT2D eigenvalue weighted by Crippen LogP contribution is -2.68. The fraction of sp³-hybridized carbons (Fsp3) is 0.536. The van der Waals surface area contributed by atoms with E-state index in [1.165, 1.54) is 0 Å². The molecule has 38 heavy (non-hydrogen) atoms. The number of methoxy groups -OCH3 is 2. The molecule has 4 aliphatic heterocycles. The van der Waals surface area contributed by atoms with Crippen molar-refractivity contribution in [3.8, 4) is 34.8 Å². The standard InChI is InChI=1S/C28H33N3O7/c1-13-6-15-7-17-19(9-29)31-18(23(30(17)3)21(15)27(25(13)35-5)36-11-34-4)8-16-22(20(31)10-32)28-26(37-12-38-28)14(2)24(16)33/h6,17-20,23,32-33H,7-8,10-12H2,1-5H3/t17-,18?,19+,20+,23+/m1/s1/i32T. The zero-order valence-corrected chi connectivity index (χ0v) is 22.2. The molecule has 4 heterocycles. The number of aliphatic hydroxyl groups is 1. The molecular weight excluding hydrogens is 490 g/mol. The highest BCUT2D eigenvalue weighted by molar-refractivity contribution is 5.66. The second-order valence-electron chi connectivity index (χ2n) is 10.5. The summed E-state index contributed by atoms with van der Waals surface area (Å²) in [5, 5.41) is 27.0. The number of aromatic hydroxyl groups is 1. The van der Waals surface area contributed by atoms with Crippen molar-refractivity contribution in [1.29, 1.82) is 6.69 Å². The molecule has 4 aliphatic rings. The van der Waals surface area contributed by atoms with Crippen molar-refractivity contribution in [1.82, 2.24) is 9.80 Å². The first-order chi connectivity index (χ1) is 18.9. The zero-order valence-electron chi connectivity index (χ0n) is 23.2. The molecule has 0 aliphatic carbocycles. The van der Waals surface area contributed by atoms with Gasteiger partial charge < -0.3 is 33.9 Å². The highest BCUT2D eigenvalue weighted by atomic mass is 16.7. The van der Waals surface area contributed by atoms with Gasteiger partial charge in [-0.1, -0.05) is 6.07 Å². The molecule has 10 nitrogen and oxygen atoms in total. The first-order valence-corrected chi connectivity index (χ1v) is 12.8. The lowest BCUT2D eigenvalue weighted by molar-refractivity contribution is -0.0832. The van der Waals surface area contributed by atoms with E-state index in [0.717, 1.165) is 27.8 Å². The minimum absolute atomic E-state index is 0.000241. The van der Waals surface area contributed by atoms with Crippen molar-refractivity contribution in [3.63, 3.8) is 0 Å². The van der Waals surface area contributed by atoms with Gasteiger partial charge in [0.2, 0.25) is 8.22 Å². The van der Waals surface area contributed by atoms with Gasteiger partial charge in [0.05, 0.1) is 31.9 Å². The molecule has 202 valence electrons. The molecule has 0 aromatic heterocycles. The fourth-order valence-corrected chi connectivity index (χ4v) is 7.24.